The van der Waals surface area contributed by atoms with E-state index in [2.05, 4.69) is 24.1 Å². The number of aromatic amines is 1. The maximum absolute atomic E-state index is 12.5. The number of aryl methyl sites for hydroxylation is 1. The molecule has 1 heterocycles. The second-order valence-corrected chi connectivity index (χ2v) is 6.52. The van der Waals surface area contributed by atoms with Crippen molar-refractivity contribution >= 4 is 11.9 Å². The molecule has 3 N–H and O–H groups in total. The number of nitrogens with one attached hydrogen (secondary N) is 2. The summed E-state index contributed by atoms with van der Waals surface area (Å²) in [7, 11) is 0. The number of carboxylic acids is 1. The van der Waals surface area contributed by atoms with Crippen LogP contribution < -0.4 is 5.32 Å². The number of H-pyrrole nitrogens is 1. The normalized spacial score (nSPS) is 25.6. The molecule has 5 heteroatoms. The third-order valence-corrected chi connectivity index (χ3v) is 4.39. The van der Waals surface area contributed by atoms with Crippen LogP contribution in [-0.4, -0.2) is 28.0 Å². The fourth-order valence-corrected chi connectivity index (χ4v) is 3.63. The van der Waals surface area contributed by atoms with Crippen LogP contribution in [0.5, 0.6) is 0 Å². The minimum absolute atomic E-state index is 0.100. The van der Waals surface area contributed by atoms with Crippen molar-refractivity contribution in [3.05, 3.63) is 22.5 Å². The summed E-state index contributed by atoms with van der Waals surface area (Å²) in [6.45, 7) is 7.84. The summed E-state index contributed by atoms with van der Waals surface area (Å²) in [4.78, 5) is 26.4. The van der Waals surface area contributed by atoms with Crippen LogP contribution in [0.3, 0.4) is 0 Å². The smallest absolute Gasteiger partial charge is 0.352 e. The molecule has 1 aromatic heterocycles. The summed E-state index contributed by atoms with van der Waals surface area (Å²) in [5.41, 5.74) is 1.69. The minimum Gasteiger partial charge on any atom is -0.477 e. The van der Waals surface area contributed by atoms with Crippen molar-refractivity contribution in [3.8, 4) is 0 Å². The number of hydrogen-bond acceptors (Lipinski definition) is 2. The van der Waals surface area contributed by atoms with E-state index in [1.165, 1.54) is 6.42 Å². The molecule has 1 aromatic rings. The molecule has 0 aliphatic heterocycles. The third kappa shape index (κ3) is 3.28. The highest BCUT2D eigenvalue weighted by atomic mass is 16.4. The van der Waals surface area contributed by atoms with Gasteiger partial charge in [0.25, 0.3) is 5.91 Å². The summed E-state index contributed by atoms with van der Waals surface area (Å²) < 4.78 is 0. The fraction of sp³-hybridized carbons (Fsp3) is 0.625. The second kappa shape index (κ2) is 5.92. The zero-order valence-electron chi connectivity index (χ0n) is 13.1. The van der Waals surface area contributed by atoms with Crippen molar-refractivity contribution in [2.45, 2.75) is 53.0 Å². The minimum atomic E-state index is -1.03. The van der Waals surface area contributed by atoms with E-state index < -0.39 is 5.97 Å². The number of carboxylic acid groups (broad SMARTS) is 1. The Hall–Kier alpha value is -1.78. The van der Waals surface area contributed by atoms with Crippen molar-refractivity contribution in [2.75, 3.05) is 0 Å². The number of hydrogen-bond donors (Lipinski definition) is 3. The Morgan fingerprint density at radius 3 is 2.19 bits per heavy atom. The lowest BCUT2D eigenvalue weighted by atomic mass is 9.80. The quantitative estimate of drug-likeness (QED) is 0.801. The molecule has 2 rings (SSSR count). The Morgan fingerprint density at radius 1 is 1.14 bits per heavy atom. The molecule has 5 nitrogen and oxygen atoms in total. The first-order valence-electron chi connectivity index (χ1n) is 7.52. The Bertz CT molecular complexity index is 552. The standard InChI is InChI=1S/C16H24N2O3/c1-8-5-9(2)7-12(6-8)18-15(19)13-10(3)14(16(20)21)17-11(13)4/h8-9,12,17H,5-7H2,1-4H3,(H,18,19)(H,20,21). The average molecular weight is 292 g/mol. The van der Waals surface area contributed by atoms with Crippen LogP contribution in [0.25, 0.3) is 0 Å². The SMILES string of the molecule is Cc1[nH]c(C(=O)O)c(C)c1C(=O)NC1CC(C)CC(C)C1. The number of aromatic carboxylic acids is 1. The lowest BCUT2D eigenvalue weighted by molar-refractivity contribution is 0.0690. The molecule has 0 spiro atoms. The van der Waals surface area contributed by atoms with Crippen molar-refractivity contribution in [1.29, 1.82) is 0 Å². The number of amides is 1. The number of carbonyl (C=O) groups excluding carboxylic acids is 1. The molecule has 0 saturated heterocycles. The van der Waals surface area contributed by atoms with Gasteiger partial charge >= 0.3 is 5.97 Å². The van der Waals surface area contributed by atoms with Gasteiger partial charge in [-0.2, -0.15) is 0 Å². The third-order valence-electron chi connectivity index (χ3n) is 4.39. The molecule has 0 radical (unpaired) electrons. The van der Waals surface area contributed by atoms with E-state index in [0.29, 0.717) is 28.7 Å². The molecule has 1 saturated carbocycles. The molecular weight excluding hydrogens is 268 g/mol. The topological polar surface area (TPSA) is 82.2 Å². The highest BCUT2D eigenvalue weighted by molar-refractivity contribution is 6.00. The number of rotatable bonds is 3. The molecule has 1 aliphatic carbocycles. The predicted molar refractivity (Wildman–Crippen MR) is 80.7 cm³/mol. The van der Waals surface area contributed by atoms with Crippen molar-refractivity contribution in [2.24, 2.45) is 11.8 Å². The lowest BCUT2D eigenvalue weighted by Crippen LogP contribution is -2.40. The lowest BCUT2D eigenvalue weighted by Gasteiger charge is -2.32. The van der Waals surface area contributed by atoms with Gasteiger partial charge in [0.2, 0.25) is 0 Å². The zero-order chi connectivity index (χ0) is 15.7. The van der Waals surface area contributed by atoms with Gasteiger partial charge in [0.05, 0.1) is 5.56 Å². The maximum Gasteiger partial charge on any atom is 0.352 e. The predicted octanol–water partition coefficient (Wildman–Crippen LogP) is 2.88. The molecule has 1 amide bonds. The second-order valence-electron chi connectivity index (χ2n) is 6.52. The molecule has 116 valence electrons. The summed E-state index contributed by atoms with van der Waals surface area (Å²) in [5, 5.41) is 12.2. The summed E-state index contributed by atoms with van der Waals surface area (Å²) >= 11 is 0. The monoisotopic (exact) mass is 292 g/mol. The fourth-order valence-electron chi connectivity index (χ4n) is 3.63. The molecule has 1 aliphatic rings. The van der Waals surface area contributed by atoms with E-state index in [-0.39, 0.29) is 17.6 Å². The zero-order valence-corrected chi connectivity index (χ0v) is 13.1. The van der Waals surface area contributed by atoms with Crippen molar-refractivity contribution in [3.63, 3.8) is 0 Å². The van der Waals surface area contributed by atoms with E-state index in [1.54, 1.807) is 13.8 Å². The Morgan fingerprint density at radius 2 is 1.71 bits per heavy atom. The average Bonchev–Trinajstić information content (AvgIpc) is 2.63. The molecular formula is C16H24N2O3. The van der Waals surface area contributed by atoms with Crippen LogP contribution in [-0.2, 0) is 0 Å². The van der Waals surface area contributed by atoms with E-state index in [4.69, 9.17) is 5.11 Å². The summed E-state index contributed by atoms with van der Waals surface area (Å²) in [6, 6.07) is 0.179. The number of aromatic nitrogens is 1. The summed E-state index contributed by atoms with van der Waals surface area (Å²) in [5.74, 6) is 0.0266. The van der Waals surface area contributed by atoms with Gasteiger partial charge in [0, 0.05) is 11.7 Å². The highest BCUT2D eigenvalue weighted by Gasteiger charge is 2.27. The molecule has 2 unspecified atom stereocenters. The van der Waals surface area contributed by atoms with Crippen LogP contribution in [0.1, 0.15) is 65.2 Å². The molecule has 0 bridgehead atoms. The molecule has 2 atom stereocenters. The Kier molecular flexibility index (Phi) is 4.40. The van der Waals surface area contributed by atoms with Gasteiger partial charge in [-0.05, 0) is 50.5 Å². The molecule has 0 aromatic carbocycles. The van der Waals surface area contributed by atoms with Crippen LogP contribution in [0, 0.1) is 25.7 Å². The first kappa shape index (κ1) is 15.6. The van der Waals surface area contributed by atoms with Gasteiger partial charge in [-0.3, -0.25) is 4.79 Å². The summed E-state index contributed by atoms with van der Waals surface area (Å²) in [6.07, 6.45) is 3.19. The van der Waals surface area contributed by atoms with Gasteiger partial charge in [-0.15, -0.1) is 0 Å². The Balaban J connectivity index is 2.15. The maximum atomic E-state index is 12.5. The van der Waals surface area contributed by atoms with E-state index in [1.807, 2.05) is 0 Å². The Labute approximate surface area is 125 Å². The van der Waals surface area contributed by atoms with Gasteiger partial charge in [-0.25, -0.2) is 4.79 Å². The van der Waals surface area contributed by atoms with Crippen LogP contribution in [0.15, 0.2) is 0 Å². The van der Waals surface area contributed by atoms with Crippen LogP contribution >= 0.6 is 0 Å². The largest absolute Gasteiger partial charge is 0.477 e. The van der Waals surface area contributed by atoms with Crippen molar-refractivity contribution < 1.29 is 14.7 Å². The first-order chi connectivity index (χ1) is 9.79. The number of carbonyl (C=O) groups is 2. The molecule has 21 heavy (non-hydrogen) atoms. The van der Waals surface area contributed by atoms with E-state index in [9.17, 15) is 9.59 Å². The van der Waals surface area contributed by atoms with E-state index in [0.717, 1.165) is 12.8 Å². The van der Waals surface area contributed by atoms with E-state index >= 15 is 0 Å². The van der Waals surface area contributed by atoms with Crippen LogP contribution in [0.4, 0.5) is 0 Å². The van der Waals surface area contributed by atoms with Crippen LogP contribution in [0.2, 0.25) is 0 Å². The first-order valence-corrected chi connectivity index (χ1v) is 7.52. The van der Waals surface area contributed by atoms with Gasteiger partial charge in [0.1, 0.15) is 5.69 Å². The van der Waals surface area contributed by atoms with Crippen molar-refractivity contribution in [1.82, 2.24) is 10.3 Å². The van der Waals surface area contributed by atoms with Gasteiger partial charge in [0.15, 0.2) is 0 Å². The van der Waals surface area contributed by atoms with Gasteiger partial charge in [-0.1, -0.05) is 13.8 Å². The highest BCUT2D eigenvalue weighted by Crippen LogP contribution is 2.29. The molecule has 1 fully saturated rings. The van der Waals surface area contributed by atoms with Gasteiger partial charge < -0.3 is 15.4 Å².